The number of hydrogen-bond donors (Lipinski definition) is 1. The van der Waals surface area contributed by atoms with Crippen molar-refractivity contribution >= 4 is 17.7 Å². The average Bonchev–Trinajstić information content (AvgIpc) is 2.34. The van der Waals surface area contributed by atoms with Crippen molar-refractivity contribution < 1.29 is 9.18 Å². The summed E-state index contributed by atoms with van der Waals surface area (Å²) >= 11 is 1.56. The smallest absolute Gasteiger partial charge is 0.230 e. The lowest BCUT2D eigenvalue weighted by Gasteiger charge is -2.11. The van der Waals surface area contributed by atoms with E-state index >= 15 is 0 Å². The molecular formula is C13H18FNOS. The lowest BCUT2D eigenvalue weighted by Crippen LogP contribution is -2.25. The number of nitrogens with one attached hydrogen (secondary N) is 1. The molecule has 0 aliphatic heterocycles. The van der Waals surface area contributed by atoms with Crippen molar-refractivity contribution in [2.24, 2.45) is 0 Å². The van der Waals surface area contributed by atoms with Gasteiger partial charge in [0.15, 0.2) is 0 Å². The Hall–Kier alpha value is -1.03. The van der Waals surface area contributed by atoms with Crippen molar-refractivity contribution in [3.05, 3.63) is 35.6 Å². The molecule has 1 amide bonds. The fraction of sp³-hybridized carbons (Fsp3) is 0.462. The van der Waals surface area contributed by atoms with Crippen LogP contribution < -0.4 is 5.32 Å². The minimum absolute atomic E-state index is 0.0609. The molecule has 94 valence electrons. The van der Waals surface area contributed by atoms with Gasteiger partial charge in [0.05, 0.1) is 5.75 Å². The van der Waals surface area contributed by atoms with E-state index in [2.05, 4.69) is 5.32 Å². The molecule has 0 spiro atoms. The SMILES string of the molecule is CCCNC(=O)CSC(C)c1ccc(F)cc1. The monoisotopic (exact) mass is 255 g/mol. The highest BCUT2D eigenvalue weighted by molar-refractivity contribution is 8.00. The molecule has 1 N–H and O–H groups in total. The normalized spacial score (nSPS) is 12.2. The number of hydrogen-bond acceptors (Lipinski definition) is 2. The van der Waals surface area contributed by atoms with Crippen molar-refractivity contribution in [3.8, 4) is 0 Å². The predicted octanol–water partition coefficient (Wildman–Crippen LogP) is 3.15. The largest absolute Gasteiger partial charge is 0.355 e. The minimum Gasteiger partial charge on any atom is -0.355 e. The second-order valence-electron chi connectivity index (χ2n) is 3.85. The zero-order valence-corrected chi connectivity index (χ0v) is 11.0. The number of carbonyl (C=O) groups excluding carboxylic acids is 1. The van der Waals surface area contributed by atoms with Crippen LogP contribution in [-0.2, 0) is 4.79 Å². The highest BCUT2D eigenvalue weighted by atomic mass is 32.2. The molecule has 17 heavy (non-hydrogen) atoms. The Bertz CT molecular complexity index is 353. The van der Waals surface area contributed by atoms with E-state index in [0.717, 1.165) is 18.5 Å². The highest BCUT2D eigenvalue weighted by Gasteiger charge is 2.08. The van der Waals surface area contributed by atoms with Gasteiger partial charge in [-0.3, -0.25) is 4.79 Å². The third-order valence-electron chi connectivity index (χ3n) is 2.38. The quantitative estimate of drug-likeness (QED) is 0.846. The van der Waals surface area contributed by atoms with E-state index in [9.17, 15) is 9.18 Å². The van der Waals surface area contributed by atoms with Crippen LogP contribution in [0.3, 0.4) is 0 Å². The number of carbonyl (C=O) groups is 1. The van der Waals surface area contributed by atoms with Crippen molar-refractivity contribution in [2.45, 2.75) is 25.5 Å². The summed E-state index contributed by atoms with van der Waals surface area (Å²) in [6.07, 6.45) is 0.948. The standard InChI is InChI=1S/C13H18FNOS/c1-3-8-15-13(16)9-17-10(2)11-4-6-12(14)7-5-11/h4-7,10H,3,8-9H2,1-2H3,(H,15,16). The molecule has 0 aliphatic rings. The Balaban J connectivity index is 2.36. The molecule has 0 aromatic heterocycles. The number of amides is 1. The molecule has 0 saturated carbocycles. The fourth-order valence-electron chi connectivity index (χ4n) is 1.35. The van der Waals surface area contributed by atoms with Crippen molar-refractivity contribution in [3.63, 3.8) is 0 Å². The predicted molar refractivity (Wildman–Crippen MR) is 70.6 cm³/mol. The second-order valence-corrected chi connectivity index (χ2v) is 5.18. The fourth-order valence-corrected chi connectivity index (χ4v) is 2.20. The average molecular weight is 255 g/mol. The van der Waals surface area contributed by atoms with Crippen LogP contribution in [0.1, 0.15) is 31.1 Å². The molecule has 1 atom stereocenters. The number of halogens is 1. The lowest BCUT2D eigenvalue weighted by molar-refractivity contribution is -0.118. The number of benzene rings is 1. The summed E-state index contributed by atoms with van der Waals surface area (Å²) in [5.74, 6) is 0.274. The topological polar surface area (TPSA) is 29.1 Å². The van der Waals surface area contributed by atoms with Crippen LogP contribution in [0, 0.1) is 5.82 Å². The van der Waals surface area contributed by atoms with E-state index in [-0.39, 0.29) is 17.0 Å². The second kappa shape index (κ2) is 7.33. The molecule has 1 aromatic carbocycles. The van der Waals surface area contributed by atoms with E-state index in [1.54, 1.807) is 23.9 Å². The van der Waals surface area contributed by atoms with Gasteiger partial charge in [0, 0.05) is 11.8 Å². The van der Waals surface area contributed by atoms with Gasteiger partial charge in [-0.05, 0) is 31.0 Å². The maximum Gasteiger partial charge on any atom is 0.230 e. The van der Waals surface area contributed by atoms with Crippen LogP contribution in [-0.4, -0.2) is 18.2 Å². The van der Waals surface area contributed by atoms with Crippen LogP contribution in [0.5, 0.6) is 0 Å². The van der Waals surface area contributed by atoms with E-state index in [0.29, 0.717) is 5.75 Å². The van der Waals surface area contributed by atoms with Gasteiger partial charge in [-0.15, -0.1) is 11.8 Å². The van der Waals surface area contributed by atoms with Gasteiger partial charge in [-0.1, -0.05) is 19.1 Å². The van der Waals surface area contributed by atoms with Crippen molar-refractivity contribution in [1.82, 2.24) is 5.32 Å². The Morgan fingerprint density at radius 2 is 2.06 bits per heavy atom. The third kappa shape index (κ3) is 5.22. The molecule has 2 nitrogen and oxygen atoms in total. The number of thioether (sulfide) groups is 1. The summed E-state index contributed by atoms with van der Waals surface area (Å²) in [7, 11) is 0. The van der Waals surface area contributed by atoms with E-state index in [1.807, 2.05) is 13.8 Å². The van der Waals surface area contributed by atoms with E-state index in [4.69, 9.17) is 0 Å². The van der Waals surface area contributed by atoms with E-state index in [1.165, 1.54) is 12.1 Å². The molecule has 1 rings (SSSR count). The van der Waals surface area contributed by atoms with Crippen LogP contribution >= 0.6 is 11.8 Å². The first kappa shape index (κ1) is 14.0. The van der Waals surface area contributed by atoms with Gasteiger partial charge < -0.3 is 5.32 Å². The van der Waals surface area contributed by atoms with Crippen LogP contribution in [0.2, 0.25) is 0 Å². The molecule has 0 saturated heterocycles. The van der Waals surface area contributed by atoms with Crippen LogP contribution in [0.4, 0.5) is 4.39 Å². The van der Waals surface area contributed by atoms with Gasteiger partial charge in [-0.25, -0.2) is 4.39 Å². The van der Waals surface area contributed by atoms with E-state index < -0.39 is 0 Å². The molecule has 0 bridgehead atoms. The third-order valence-corrected chi connectivity index (χ3v) is 3.58. The summed E-state index contributed by atoms with van der Waals surface area (Å²) in [6.45, 7) is 4.77. The summed E-state index contributed by atoms with van der Waals surface area (Å²) < 4.78 is 12.7. The Kier molecular flexibility index (Phi) is 6.05. The van der Waals surface area contributed by atoms with Gasteiger partial charge in [0.1, 0.15) is 5.82 Å². The molecule has 0 heterocycles. The Morgan fingerprint density at radius 1 is 1.41 bits per heavy atom. The lowest BCUT2D eigenvalue weighted by atomic mass is 10.2. The molecule has 4 heteroatoms. The first-order chi connectivity index (χ1) is 8.13. The maximum atomic E-state index is 12.7. The first-order valence-corrected chi connectivity index (χ1v) is 6.82. The van der Waals surface area contributed by atoms with Crippen molar-refractivity contribution in [2.75, 3.05) is 12.3 Å². The summed E-state index contributed by atoms with van der Waals surface area (Å²) in [6, 6.07) is 6.42. The zero-order chi connectivity index (χ0) is 12.7. The highest BCUT2D eigenvalue weighted by Crippen LogP contribution is 2.27. The van der Waals surface area contributed by atoms with Crippen molar-refractivity contribution in [1.29, 1.82) is 0 Å². The zero-order valence-electron chi connectivity index (χ0n) is 10.2. The summed E-state index contributed by atoms with van der Waals surface area (Å²) in [5, 5.41) is 3.03. The Morgan fingerprint density at radius 3 is 2.65 bits per heavy atom. The molecule has 0 radical (unpaired) electrons. The number of rotatable bonds is 6. The van der Waals surface area contributed by atoms with Gasteiger partial charge in [0.25, 0.3) is 0 Å². The summed E-state index contributed by atoms with van der Waals surface area (Å²) in [5.41, 5.74) is 1.04. The van der Waals surface area contributed by atoms with Gasteiger partial charge in [-0.2, -0.15) is 0 Å². The maximum absolute atomic E-state index is 12.7. The summed E-state index contributed by atoms with van der Waals surface area (Å²) in [4.78, 5) is 11.4. The minimum atomic E-state index is -0.230. The van der Waals surface area contributed by atoms with Crippen LogP contribution in [0.15, 0.2) is 24.3 Å². The van der Waals surface area contributed by atoms with Gasteiger partial charge >= 0.3 is 0 Å². The molecule has 1 unspecified atom stereocenters. The molecule has 0 fully saturated rings. The van der Waals surface area contributed by atoms with Gasteiger partial charge in [0.2, 0.25) is 5.91 Å². The first-order valence-electron chi connectivity index (χ1n) is 5.77. The Labute approximate surface area is 106 Å². The molecule has 1 aromatic rings. The molecular weight excluding hydrogens is 237 g/mol. The molecule has 0 aliphatic carbocycles. The van der Waals surface area contributed by atoms with Crippen LogP contribution in [0.25, 0.3) is 0 Å².